The molecular formula is C14H14N6OS. The fourth-order valence-electron chi connectivity index (χ4n) is 2.14. The molecule has 7 nitrogen and oxygen atoms in total. The summed E-state index contributed by atoms with van der Waals surface area (Å²) >= 11 is 1.32. The molecule has 8 heteroatoms. The van der Waals surface area contributed by atoms with Crippen molar-refractivity contribution in [3.8, 4) is 0 Å². The first-order chi connectivity index (χ1) is 10.6. The zero-order valence-electron chi connectivity index (χ0n) is 11.8. The van der Waals surface area contributed by atoms with Crippen molar-refractivity contribution >= 4 is 38.6 Å². The summed E-state index contributed by atoms with van der Waals surface area (Å²) in [6.45, 7) is 1.92. The highest BCUT2D eigenvalue weighted by molar-refractivity contribution is 7.22. The zero-order chi connectivity index (χ0) is 15.7. The molecule has 0 fully saturated rings. The highest BCUT2D eigenvalue weighted by atomic mass is 32.1. The molecular weight excluding hydrogens is 300 g/mol. The van der Waals surface area contributed by atoms with E-state index < -0.39 is 5.91 Å². The largest absolute Gasteiger partial charge is 0.369 e. The number of amides is 1. The van der Waals surface area contributed by atoms with Crippen LogP contribution in [-0.4, -0.2) is 27.0 Å². The van der Waals surface area contributed by atoms with Crippen LogP contribution in [0.5, 0.6) is 0 Å². The lowest BCUT2D eigenvalue weighted by Gasteiger charge is -2.17. The topological polar surface area (TPSA) is 112 Å². The van der Waals surface area contributed by atoms with E-state index in [1.54, 1.807) is 0 Å². The van der Waals surface area contributed by atoms with Crippen molar-refractivity contribution in [1.29, 1.82) is 5.41 Å². The number of guanidine groups is 1. The number of rotatable bonds is 3. The number of para-hydroxylation sites is 1. The van der Waals surface area contributed by atoms with Crippen LogP contribution in [-0.2, 0) is 6.42 Å². The lowest BCUT2D eigenvalue weighted by Crippen LogP contribution is -2.41. The van der Waals surface area contributed by atoms with Gasteiger partial charge in [-0.3, -0.25) is 15.3 Å². The molecule has 3 aromatic rings. The molecule has 3 rings (SSSR count). The number of aromatic nitrogens is 3. The molecule has 0 saturated carbocycles. The number of benzene rings is 1. The lowest BCUT2D eigenvalue weighted by molar-refractivity contribution is 0.100. The highest BCUT2D eigenvalue weighted by Crippen LogP contribution is 2.29. The average Bonchev–Trinajstić information content (AvgIpc) is 3.12. The summed E-state index contributed by atoms with van der Waals surface area (Å²) in [5.41, 5.74) is 7.49. The van der Waals surface area contributed by atoms with Gasteiger partial charge in [0.25, 0.3) is 5.91 Å². The summed E-state index contributed by atoms with van der Waals surface area (Å²) in [7, 11) is 0. The summed E-state index contributed by atoms with van der Waals surface area (Å²) in [4.78, 5) is 18.2. The van der Waals surface area contributed by atoms with E-state index in [-0.39, 0.29) is 5.96 Å². The van der Waals surface area contributed by atoms with Crippen molar-refractivity contribution in [2.45, 2.75) is 13.3 Å². The van der Waals surface area contributed by atoms with Gasteiger partial charge in [0.05, 0.1) is 22.0 Å². The third-order valence-corrected chi connectivity index (χ3v) is 4.24. The van der Waals surface area contributed by atoms with Gasteiger partial charge < -0.3 is 5.73 Å². The van der Waals surface area contributed by atoms with E-state index in [9.17, 15) is 4.79 Å². The number of aromatic amines is 1. The maximum Gasteiger partial charge on any atom is 0.270 e. The average molecular weight is 314 g/mol. The Morgan fingerprint density at radius 2 is 2.23 bits per heavy atom. The van der Waals surface area contributed by atoms with Crippen LogP contribution < -0.4 is 10.6 Å². The number of hydrogen-bond donors (Lipinski definition) is 3. The van der Waals surface area contributed by atoms with E-state index in [1.807, 2.05) is 31.2 Å². The first kappa shape index (κ1) is 14.2. The smallest absolute Gasteiger partial charge is 0.270 e. The molecule has 0 bridgehead atoms. The molecule has 0 aliphatic heterocycles. The van der Waals surface area contributed by atoms with Crippen LogP contribution in [0.2, 0.25) is 0 Å². The number of anilines is 1. The predicted molar refractivity (Wildman–Crippen MR) is 86.3 cm³/mol. The summed E-state index contributed by atoms with van der Waals surface area (Å²) < 4.78 is 0.930. The standard InChI is InChI=1S/C14H14N6OS/c1-2-9-8(7-17-19-9)12(21)20(13(15)16)14-18-10-5-3-4-6-11(10)22-14/h3-7H,2H2,1H3,(H3,15,16)(H,17,19). The van der Waals surface area contributed by atoms with Gasteiger partial charge in [-0.1, -0.05) is 30.4 Å². The minimum absolute atomic E-state index is 0.368. The SMILES string of the molecule is CCc1[nH]ncc1C(=O)N(C(=N)N)c1nc2ccccc2s1. The molecule has 22 heavy (non-hydrogen) atoms. The molecule has 0 spiro atoms. The number of hydrogen-bond acceptors (Lipinski definition) is 5. The van der Waals surface area contributed by atoms with E-state index in [2.05, 4.69) is 15.2 Å². The first-order valence-corrected chi connectivity index (χ1v) is 7.49. The van der Waals surface area contributed by atoms with Crippen molar-refractivity contribution in [3.05, 3.63) is 41.7 Å². The zero-order valence-corrected chi connectivity index (χ0v) is 12.6. The maximum absolute atomic E-state index is 12.7. The molecule has 1 amide bonds. The predicted octanol–water partition coefficient (Wildman–Crippen LogP) is 2.12. The Bertz CT molecular complexity index is 819. The molecule has 0 aliphatic rings. The first-order valence-electron chi connectivity index (χ1n) is 6.68. The Morgan fingerprint density at radius 3 is 2.91 bits per heavy atom. The second kappa shape index (κ2) is 5.57. The molecule has 0 radical (unpaired) electrons. The Balaban J connectivity index is 2.06. The van der Waals surface area contributed by atoms with Crippen LogP contribution in [0, 0.1) is 5.41 Å². The molecule has 2 aromatic heterocycles. The van der Waals surface area contributed by atoms with Gasteiger partial charge in [0, 0.05) is 5.69 Å². The van der Waals surface area contributed by atoms with E-state index in [0.29, 0.717) is 22.8 Å². The molecule has 0 aliphatic carbocycles. The number of nitrogens with one attached hydrogen (secondary N) is 2. The highest BCUT2D eigenvalue weighted by Gasteiger charge is 2.26. The second-order valence-electron chi connectivity index (χ2n) is 4.61. The van der Waals surface area contributed by atoms with E-state index in [0.717, 1.165) is 15.1 Å². The fourth-order valence-corrected chi connectivity index (χ4v) is 3.12. The van der Waals surface area contributed by atoms with Crippen molar-refractivity contribution in [3.63, 3.8) is 0 Å². The normalized spacial score (nSPS) is 10.8. The van der Waals surface area contributed by atoms with E-state index in [1.165, 1.54) is 17.5 Å². The van der Waals surface area contributed by atoms with E-state index >= 15 is 0 Å². The Labute approximate surface area is 130 Å². The molecule has 0 unspecified atom stereocenters. The summed E-state index contributed by atoms with van der Waals surface area (Å²) in [5, 5.41) is 14.8. The summed E-state index contributed by atoms with van der Waals surface area (Å²) in [6, 6.07) is 7.54. The minimum Gasteiger partial charge on any atom is -0.369 e. The Kier molecular flexibility index (Phi) is 3.60. The van der Waals surface area contributed by atoms with Gasteiger partial charge in [0.15, 0.2) is 0 Å². The summed E-state index contributed by atoms with van der Waals surface area (Å²) in [6.07, 6.45) is 2.08. The molecule has 1 aromatic carbocycles. The quantitative estimate of drug-likeness (QED) is 0.508. The number of H-pyrrole nitrogens is 1. The Hall–Kier alpha value is -2.74. The van der Waals surface area contributed by atoms with Crippen LogP contribution >= 0.6 is 11.3 Å². The molecule has 112 valence electrons. The Morgan fingerprint density at radius 1 is 1.45 bits per heavy atom. The fraction of sp³-hybridized carbons (Fsp3) is 0.143. The van der Waals surface area contributed by atoms with Crippen molar-refractivity contribution < 1.29 is 4.79 Å². The number of nitrogens with two attached hydrogens (primary N) is 1. The van der Waals surface area contributed by atoms with Crippen molar-refractivity contribution in [2.24, 2.45) is 5.73 Å². The lowest BCUT2D eigenvalue weighted by atomic mass is 10.2. The number of carbonyl (C=O) groups excluding carboxylic acids is 1. The van der Waals surface area contributed by atoms with Crippen LogP contribution in [0.25, 0.3) is 10.2 Å². The molecule has 4 N–H and O–H groups in total. The van der Waals surface area contributed by atoms with Crippen LogP contribution in [0.4, 0.5) is 5.13 Å². The summed E-state index contributed by atoms with van der Waals surface area (Å²) in [5.74, 6) is -0.774. The van der Waals surface area contributed by atoms with Gasteiger partial charge >= 0.3 is 0 Å². The monoisotopic (exact) mass is 314 g/mol. The van der Waals surface area contributed by atoms with Crippen molar-refractivity contribution in [1.82, 2.24) is 15.2 Å². The van der Waals surface area contributed by atoms with Gasteiger partial charge in [-0.05, 0) is 18.6 Å². The van der Waals surface area contributed by atoms with Crippen LogP contribution in [0.15, 0.2) is 30.5 Å². The van der Waals surface area contributed by atoms with Crippen LogP contribution in [0.1, 0.15) is 23.0 Å². The van der Waals surface area contributed by atoms with Crippen LogP contribution in [0.3, 0.4) is 0 Å². The number of carbonyl (C=O) groups is 1. The second-order valence-corrected chi connectivity index (χ2v) is 5.61. The molecule has 0 atom stereocenters. The van der Waals surface area contributed by atoms with Gasteiger partial charge in [-0.15, -0.1) is 0 Å². The maximum atomic E-state index is 12.7. The minimum atomic E-state index is -0.405. The third kappa shape index (κ3) is 2.33. The number of aryl methyl sites for hydroxylation is 1. The van der Waals surface area contributed by atoms with Crippen molar-refractivity contribution in [2.75, 3.05) is 4.90 Å². The number of nitrogens with zero attached hydrogens (tertiary/aromatic N) is 3. The van der Waals surface area contributed by atoms with E-state index in [4.69, 9.17) is 11.1 Å². The molecule has 0 saturated heterocycles. The number of fused-ring (bicyclic) bond motifs is 1. The van der Waals surface area contributed by atoms with Gasteiger partial charge in [-0.2, -0.15) is 5.10 Å². The number of thiazole rings is 1. The van der Waals surface area contributed by atoms with Gasteiger partial charge in [-0.25, -0.2) is 9.88 Å². The third-order valence-electron chi connectivity index (χ3n) is 3.22. The molecule has 2 heterocycles. The van der Waals surface area contributed by atoms with Gasteiger partial charge in [0.2, 0.25) is 11.1 Å². The van der Waals surface area contributed by atoms with Gasteiger partial charge in [0.1, 0.15) is 0 Å².